The fraction of sp³-hybridized carbons (Fsp3) is 0.409. The molecule has 5 heteroatoms. The first-order valence-electron chi connectivity index (χ1n) is 9.52. The van der Waals surface area contributed by atoms with Gasteiger partial charge in [0.05, 0.1) is 12.6 Å². The van der Waals surface area contributed by atoms with Crippen LogP contribution in [0.5, 0.6) is 0 Å². The zero-order valence-corrected chi connectivity index (χ0v) is 17.1. The fourth-order valence-corrected chi connectivity index (χ4v) is 3.77. The molecule has 1 atom stereocenters. The first-order valence-corrected chi connectivity index (χ1v) is 9.90. The Morgan fingerprint density at radius 2 is 1.81 bits per heavy atom. The molecule has 2 aromatic carbocycles. The first-order chi connectivity index (χ1) is 12.9. The summed E-state index contributed by atoms with van der Waals surface area (Å²) >= 11 is 6.04. The highest BCUT2D eigenvalue weighted by Gasteiger charge is 2.21. The normalized spacial score (nSPS) is 16.2. The van der Waals surface area contributed by atoms with E-state index >= 15 is 0 Å². The lowest BCUT2D eigenvalue weighted by Gasteiger charge is -2.36. The van der Waals surface area contributed by atoms with Crippen LogP contribution in [0.15, 0.2) is 42.5 Å². The highest BCUT2D eigenvalue weighted by molar-refractivity contribution is 6.30. The number of amides is 1. The third kappa shape index (κ3) is 5.02. The number of nitrogens with zero attached hydrogens (tertiary/aromatic N) is 2. The molecule has 0 saturated carbocycles. The van der Waals surface area contributed by atoms with Crippen molar-refractivity contribution in [3.8, 4) is 0 Å². The number of benzene rings is 2. The van der Waals surface area contributed by atoms with E-state index in [2.05, 4.69) is 47.2 Å². The van der Waals surface area contributed by atoms with E-state index in [4.69, 9.17) is 11.6 Å². The van der Waals surface area contributed by atoms with Crippen molar-refractivity contribution in [3.05, 3.63) is 64.2 Å². The molecule has 3 rings (SSSR count). The van der Waals surface area contributed by atoms with Gasteiger partial charge >= 0.3 is 0 Å². The van der Waals surface area contributed by atoms with Crippen LogP contribution in [-0.4, -0.2) is 43.5 Å². The van der Waals surface area contributed by atoms with Gasteiger partial charge in [-0.15, -0.1) is 0 Å². The van der Waals surface area contributed by atoms with Gasteiger partial charge < -0.3 is 10.2 Å². The van der Waals surface area contributed by atoms with Crippen LogP contribution in [-0.2, 0) is 4.79 Å². The lowest BCUT2D eigenvalue weighted by atomic mass is 10.1. The third-order valence-corrected chi connectivity index (χ3v) is 5.62. The molecular weight excluding hydrogens is 358 g/mol. The standard InChI is InChI=1S/C22H28ClN3O/c1-16-6-4-9-21(17(16)2)26-12-10-25(11-13-26)15-22(27)24-18(3)19-7-5-8-20(23)14-19/h4-9,14,18H,10-13,15H2,1-3H3,(H,24,27). The van der Waals surface area contributed by atoms with Gasteiger partial charge in [0.2, 0.25) is 5.91 Å². The second-order valence-electron chi connectivity index (χ2n) is 7.33. The summed E-state index contributed by atoms with van der Waals surface area (Å²) in [6, 6.07) is 14.1. The molecule has 0 aliphatic carbocycles. The predicted octanol–water partition coefficient (Wildman–Crippen LogP) is 3.96. The number of carbonyl (C=O) groups is 1. The van der Waals surface area contributed by atoms with Crippen LogP contribution in [0.2, 0.25) is 5.02 Å². The summed E-state index contributed by atoms with van der Waals surface area (Å²) in [5.74, 6) is 0.0580. The Labute approximate surface area is 167 Å². The van der Waals surface area contributed by atoms with E-state index in [1.54, 1.807) is 0 Å². The van der Waals surface area contributed by atoms with Crippen LogP contribution in [0.25, 0.3) is 0 Å². The third-order valence-electron chi connectivity index (χ3n) is 5.38. The maximum absolute atomic E-state index is 12.4. The molecule has 2 aromatic rings. The number of rotatable bonds is 5. The van der Waals surface area contributed by atoms with Crippen LogP contribution in [0, 0.1) is 13.8 Å². The SMILES string of the molecule is Cc1cccc(N2CCN(CC(=O)NC(C)c3cccc(Cl)c3)CC2)c1C. The van der Waals surface area contributed by atoms with E-state index in [0.717, 1.165) is 31.7 Å². The van der Waals surface area contributed by atoms with Crippen LogP contribution in [0.4, 0.5) is 5.69 Å². The number of carbonyl (C=O) groups excluding carboxylic acids is 1. The van der Waals surface area contributed by atoms with E-state index in [9.17, 15) is 4.79 Å². The molecule has 1 aliphatic heterocycles. The molecule has 4 nitrogen and oxygen atoms in total. The predicted molar refractivity (Wildman–Crippen MR) is 113 cm³/mol. The number of aryl methyl sites for hydroxylation is 1. The van der Waals surface area contributed by atoms with Crippen molar-refractivity contribution in [2.24, 2.45) is 0 Å². The molecule has 1 fully saturated rings. The molecule has 0 aromatic heterocycles. The maximum atomic E-state index is 12.4. The van der Waals surface area contributed by atoms with Crippen molar-refractivity contribution in [1.29, 1.82) is 0 Å². The van der Waals surface area contributed by atoms with Crippen molar-refractivity contribution in [2.45, 2.75) is 26.8 Å². The molecule has 144 valence electrons. The highest BCUT2D eigenvalue weighted by atomic mass is 35.5. The Morgan fingerprint density at radius 3 is 2.52 bits per heavy atom. The summed E-state index contributed by atoms with van der Waals surface area (Å²) in [6.45, 7) is 10.4. The summed E-state index contributed by atoms with van der Waals surface area (Å²) in [7, 11) is 0. The lowest BCUT2D eigenvalue weighted by molar-refractivity contribution is -0.123. The monoisotopic (exact) mass is 385 g/mol. The molecular formula is C22H28ClN3O. The van der Waals surface area contributed by atoms with Gasteiger partial charge in [-0.1, -0.05) is 35.9 Å². The summed E-state index contributed by atoms with van der Waals surface area (Å²) in [6.07, 6.45) is 0. The van der Waals surface area contributed by atoms with Crippen LogP contribution >= 0.6 is 11.6 Å². The summed E-state index contributed by atoms with van der Waals surface area (Å²) in [5.41, 5.74) is 5.01. The Kier molecular flexibility index (Phi) is 6.40. The topological polar surface area (TPSA) is 35.6 Å². The Balaban J connectivity index is 1.50. The molecule has 1 N–H and O–H groups in total. The van der Waals surface area contributed by atoms with Gasteiger partial charge in [-0.05, 0) is 55.7 Å². The van der Waals surface area contributed by atoms with E-state index in [-0.39, 0.29) is 11.9 Å². The molecule has 1 heterocycles. The van der Waals surface area contributed by atoms with Gasteiger partial charge in [0.15, 0.2) is 0 Å². The van der Waals surface area contributed by atoms with Gasteiger partial charge in [0.1, 0.15) is 0 Å². The van der Waals surface area contributed by atoms with Crippen LogP contribution in [0.3, 0.4) is 0 Å². The minimum Gasteiger partial charge on any atom is -0.369 e. The van der Waals surface area contributed by atoms with Gasteiger partial charge in [-0.2, -0.15) is 0 Å². The number of halogens is 1. The number of hydrogen-bond donors (Lipinski definition) is 1. The minimum absolute atomic E-state index is 0.0487. The Hall–Kier alpha value is -2.04. The lowest BCUT2D eigenvalue weighted by Crippen LogP contribution is -2.49. The van der Waals surface area contributed by atoms with Gasteiger partial charge in [-0.3, -0.25) is 9.69 Å². The minimum atomic E-state index is -0.0487. The van der Waals surface area contributed by atoms with Crippen molar-refractivity contribution in [1.82, 2.24) is 10.2 Å². The summed E-state index contributed by atoms with van der Waals surface area (Å²) < 4.78 is 0. The van der Waals surface area contributed by atoms with Crippen molar-refractivity contribution in [2.75, 3.05) is 37.6 Å². The van der Waals surface area contributed by atoms with E-state index in [0.29, 0.717) is 11.6 Å². The van der Waals surface area contributed by atoms with Crippen LogP contribution in [0.1, 0.15) is 29.7 Å². The molecule has 0 bridgehead atoms. The first kappa shape index (κ1) is 19.7. The average Bonchev–Trinajstić information content (AvgIpc) is 2.64. The Bertz CT molecular complexity index is 800. The summed E-state index contributed by atoms with van der Waals surface area (Å²) in [4.78, 5) is 17.1. The highest BCUT2D eigenvalue weighted by Crippen LogP contribution is 2.24. The van der Waals surface area contributed by atoms with Crippen molar-refractivity contribution >= 4 is 23.2 Å². The molecule has 1 unspecified atom stereocenters. The average molecular weight is 386 g/mol. The van der Waals surface area contributed by atoms with Gasteiger partial charge in [-0.25, -0.2) is 0 Å². The number of hydrogen-bond acceptors (Lipinski definition) is 3. The second kappa shape index (κ2) is 8.77. The van der Waals surface area contributed by atoms with E-state index in [1.165, 1.54) is 16.8 Å². The number of piperazine rings is 1. The second-order valence-corrected chi connectivity index (χ2v) is 7.76. The van der Waals surface area contributed by atoms with Crippen LogP contribution < -0.4 is 10.2 Å². The van der Waals surface area contributed by atoms with Gasteiger partial charge in [0, 0.05) is 36.9 Å². The summed E-state index contributed by atoms with van der Waals surface area (Å²) in [5, 5.41) is 3.77. The van der Waals surface area contributed by atoms with Crippen molar-refractivity contribution in [3.63, 3.8) is 0 Å². The zero-order chi connectivity index (χ0) is 19.4. The van der Waals surface area contributed by atoms with Crippen molar-refractivity contribution < 1.29 is 4.79 Å². The fourth-order valence-electron chi connectivity index (χ4n) is 3.57. The molecule has 1 amide bonds. The zero-order valence-electron chi connectivity index (χ0n) is 16.3. The van der Waals surface area contributed by atoms with E-state index in [1.807, 2.05) is 31.2 Å². The van der Waals surface area contributed by atoms with E-state index < -0.39 is 0 Å². The smallest absolute Gasteiger partial charge is 0.234 e. The molecule has 0 radical (unpaired) electrons. The molecule has 1 aliphatic rings. The number of nitrogens with one attached hydrogen (secondary N) is 1. The molecule has 1 saturated heterocycles. The quantitative estimate of drug-likeness (QED) is 0.846. The number of anilines is 1. The largest absolute Gasteiger partial charge is 0.369 e. The maximum Gasteiger partial charge on any atom is 0.234 e. The molecule has 27 heavy (non-hydrogen) atoms. The van der Waals surface area contributed by atoms with Gasteiger partial charge in [0.25, 0.3) is 0 Å². The molecule has 0 spiro atoms. The Morgan fingerprint density at radius 1 is 1.11 bits per heavy atom.